The van der Waals surface area contributed by atoms with Gasteiger partial charge >= 0.3 is 0 Å². The van der Waals surface area contributed by atoms with Crippen LogP contribution in [0.1, 0.15) is 37.8 Å². The predicted molar refractivity (Wildman–Crippen MR) is 107 cm³/mol. The molecule has 1 unspecified atom stereocenters. The maximum Gasteiger partial charge on any atom is 0.240 e. The van der Waals surface area contributed by atoms with Gasteiger partial charge in [-0.05, 0) is 37.0 Å². The number of anilines is 2. The van der Waals surface area contributed by atoms with Gasteiger partial charge in [0.15, 0.2) is 0 Å². The van der Waals surface area contributed by atoms with Gasteiger partial charge in [0.2, 0.25) is 5.91 Å². The van der Waals surface area contributed by atoms with E-state index in [1.807, 2.05) is 31.2 Å². The lowest BCUT2D eigenvalue weighted by molar-refractivity contribution is -0.127. The van der Waals surface area contributed by atoms with Gasteiger partial charge in [0, 0.05) is 24.2 Å². The van der Waals surface area contributed by atoms with E-state index in [1.54, 1.807) is 6.07 Å². The number of nitrogens with one attached hydrogen (secondary N) is 1. The molecule has 0 bridgehead atoms. The fourth-order valence-corrected chi connectivity index (χ4v) is 3.44. The number of hydrogen-bond acceptors (Lipinski definition) is 6. The first-order chi connectivity index (χ1) is 12.9. The standard InChI is InChI=1S/C19H25ClN6O/c1-2-15(13-3-5-14(20)6-4-13)25-18(27)19(22)7-9-26(10-8-19)17-11-16(21)23-12-24-17/h3-6,11-12,15H,2,7-10,22H2,1H3,(H,25,27)(H2,21,23,24). The molecule has 1 saturated heterocycles. The highest BCUT2D eigenvalue weighted by Gasteiger charge is 2.38. The van der Waals surface area contributed by atoms with Gasteiger partial charge in [-0.2, -0.15) is 0 Å². The van der Waals surface area contributed by atoms with Crippen LogP contribution in [-0.2, 0) is 4.79 Å². The summed E-state index contributed by atoms with van der Waals surface area (Å²) in [4.78, 5) is 23.1. The number of nitrogens with zero attached hydrogens (tertiary/aromatic N) is 3. The Balaban J connectivity index is 1.63. The Kier molecular flexibility index (Phi) is 5.82. The van der Waals surface area contributed by atoms with Crippen LogP contribution in [0.15, 0.2) is 36.7 Å². The van der Waals surface area contributed by atoms with E-state index in [4.69, 9.17) is 23.1 Å². The molecule has 8 heteroatoms. The van der Waals surface area contributed by atoms with Crippen molar-refractivity contribution >= 4 is 29.1 Å². The van der Waals surface area contributed by atoms with Crippen molar-refractivity contribution in [2.75, 3.05) is 23.7 Å². The summed E-state index contributed by atoms with van der Waals surface area (Å²) < 4.78 is 0. The summed E-state index contributed by atoms with van der Waals surface area (Å²) in [6, 6.07) is 9.17. The van der Waals surface area contributed by atoms with Gasteiger partial charge in [-0.3, -0.25) is 4.79 Å². The highest BCUT2D eigenvalue weighted by molar-refractivity contribution is 6.30. The Bertz CT molecular complexity index is 789. The first-order valence-corrected chi connectivity index (χ1v) is 9.47. The molecular weight excluding hydrogens is 364 g/mol. The van der Waals surface area contributed by atoms with E-state index in [0.717, 1.165) is 17.8 Å². The average Bonchev–Trinajstić information content (AvgIpc) is 2.67. The van der Waals surface area contributed by atoms with Gasteiger partial charge in [0.1, 0.15) is 18.0 Å². The molecule has 5 N–H and O–H groups in total. The van der Waals surface area contributed by atoms with Crippen LogP contribution in [0.3, 0.4) is 0 Å². The number of nitrogen functional groups attached to an aromatic ring is 1. The first kappa shape index (κ1) is 19.4. The van der Waals surface area contributed by atoms with Gasteiger partial charge < -0.3 is 21.7 Å². The number of benzene rings is 1. The van der Waals surface area contributed by atoms with Crippen molar-refractivity contribution in [1.82, 2.24) is 15.3 Å². The zero-order chi connectivity index (χ0) is 19.4. The van der Waals surface area contributed by atoms with E-state index >= 15 is 0 Å². The number of piperidine rings is 1. The van der Waals surface area contributed by atoms with Crippen molar-refractivity contribution in [2.24, 2.45) is 5.73 Å². The quantitative estimate of drug-likeness (QED) is 0.724. The number of amides is 1. The van der Waals surface area contributed by atoms with Crippen molar-refractivity contribution in [3.05, 3.63) is 47.2 Å². The number of rotatable bonds is 5. The average molecular weight is 389 g/mol. The third-order valence-corrected chi connectivity index (χ3v) is 5.34. The number of aromatic nitrogens is 2. The number of halogens is 1. The summed E-state index contributed by atoms with van der Waals surface area (Å²) in [5.74, 6) is 1.07. The molecular formula is C19H25ClN6O. The minimum Gasteiger partial charge on any atom is -0.384 e. The fourth-order valence-electron chi connectivity index (χ4n) is 3.31. The van der Waals surface area contributed by atoms with Gasteiger partial charge in [0.05, 0.1) is 11.6 Å². The first-order valence-electron chi connectivity index (χ1n) is 9.09. The number of carbonyl (C=O) groups is 1. The summed E-state index contributed by atoms with van der Waals surface area (Å²) in [5.41, 5.74) is 12.3. The van der Waals surface area contributed by atoms with Crippen LogP contribution in [0.25, 0.3) is 0 Å². The molecule has 1 fully saturated rings. The molecule has 1 aliphatic rings. The maximum absolute atomic E-state index is 12.9. The Morgan fingerprint density at radius 2 is 1.96 bits per heavy atom. The van der Waals surface area contributed by atoms with Crippen LogP contribution in [0.2, 0.25) is 5.02 Å². The normalized spacial score (nSPS) is 17.4. The largest absolute Gasteiger partial charge is 0.384 e. The molecule has 27 heavy (non-hydrogen) atoms. The zero-order valence-electron chi connectivity index (χ0n) is 15.4. The van der Waals surface area contributed by atoms with Gasteiger partial charge in [-0.15, -0.1) is 0 Å². The van der Waals surface area contributed by atoms with Crippen LogP contribution in [0, 0.1) is 0 Å². The maximum atomic E-state index is 12.9. The minimum absolute atomic E-state index is 0.0881. The highest BCUT2D eigenvalue weighted by atomic mass is 35.5. The summed E-state index contributed by atoms with van der Waals surface area (Å²) in [6.07, 6.45) is 3.30. The third-order valence-electron chi connectivity index (χ3n) is 5.09. The van der Waals surface area contributed by atoms with Crippen LogP contribution in [0.5, 0.6) is 0 Å². The van der Waals surface area contributed by atoms with Crippen LogP contribution in [-0.4, -0.2) is 34.5 Å². The van der Waals surface area contributed by atoms with Crippen molar-refractivity contribution in [3.63, 3.8) is 0 Å². The Hall–Kier alpha value is -2.38. The lowest BCUT2D eigenvalue weighted by atomic mass is 9.87. The van der Waals surface area contributed by atoms with E-state index in [2.05, 4.69) is 20.2 Å². The van der Waals surface area contributed by atoms with Gasteiger partial charge in [-0.1, -0.05) is 30.7 Å². The topological polar surface area (TPSA) is 110 Å². The van der Waals surface area contributed by atoms with Gasteiger partial charge in [-0.25, -0.2) is 9.97 Å². The van der Waals surface area contributed by atoms with Crippen molar-refractivity contribution in [3.8, 4) is 0 Å². The van der Waals surface area contributed by atoms with Crippen LogP contribution < -0.4 is 21.7 Å². The molecule has 144 valence electrons. The number of nitrogens with two attached hydrogens (primary N) is 2. The molecule has 1 aliphatic heterocycles. The van der Waals surface area contributed by atoms with Gasteiger partial charge in [0.25, 0.3) is 0 Å². The smallest absolute Gasteiger partial charge is 0.240 e. The second-order valence-corrected chi connectivity index (χ2v) is 7.37. The summed E-state index contributed by atoms with van der Waals surface area (Å²) in [6.45, 7) is 3.31. The lowest BCUT2D eigenvalue weighted by Crippen LogP contribution is -2.60. The molecule has 1 aromatic heterocycles. The summed E-state index contributed by atoms with van der Waals surface area (Å²) >= 11 is 5.95. The Morgan fingerprint density at radius 1 is 1.30 bits per heavy atom. The van der Waals surface area contributed by atoms with E-state index in [1.165, 1.54) is 6.33 Å². The van der Waals surface area contributed by atoms with Crippen LogP contribution in [0.4, 0.5) is 11.6 Å². The fraction of sp³-hybridized carbons (Fsp3) is 0.421. The Labute approximate surface area is 164 Å². The predicted octanol–water partition coefficient (Wildman–Crippen LogP) is 2.28. The monoisotopic (exact) mass is 388 g/mol. The van der Waals surface area contributed by atoms with E-state index in [0.29, 0.717) is 36.8 Å². The second-order valence-electron chi connectivity index (χ2n) is 6.93. The molecule has 1 atom stereocenters. The number of carbonyl (C=O) groups excluding carboxylic acids is 1. The molecule has 2 aromatic rings. The van der Waals surface area contributed by atoms with Crippen LogP contribution >= 0.6 is 11.6 Å². The molecule has 3 rings (SSSR count). The summed E-state index contributed by atoms with van der Waals surface area (Å²) in [7, 11) is 0. The van der Waals surface area contributed by atoms with Crippen molar-refractivity contribution in [2.45, 2.75) is 37.8 Å². The molecule has 7 nitrogen and oxygen atoms in total. The molecule has 0 radical (unpaired) electrons. The number of hydrogen-bond donors (Lipinski definition) is 3. The molecule has 1 aromatic carbocycles. The second kappa shape index (κ2) is 8.10. The zero-order valence-corrected chi connectivity index (χ0v) is 16.1. The SMILES string of the molecule is CCC(NC(=O)C1(N)CCN(c2cc(N)ncn2)CC1)c1ccc(Cl)cc1. The van der Waals surface area contributed by atoms with E-state index in [-0.39, 0.29) is 11.9 Å². The van der Waals surface area contributed by atoms with E-state index in [9.17, 15) is 4.79 Å². The molecule has 0 aliphatic carbocycles. The molecule has 2 heterocycles. The lowest BCUT2D eigenvalue weighted by Gasteiger charge is -2.39. The summed E-state index contributed by atoms with van der Waals surface area (Å²) in [5, 5.41) is 3.78. The molecule has 0 spiro atoms. The highest BCUT2D eigenvalue weighted by Crippen LogP contribution is 2.26. The Morgan fingerprint density at radius 3 is 2.56 bits per heavy atom. The van der Waals surface area contributed by atoms with E-state index < -0.39 is 5.54 Å². The molecule has 0 saturated carbocycles. The third kappa shape index (κ3) is 4.48. The van der Waals surface area contributed by atoms with Crippen molar-refractivity contribution in [1.29, 1.82) is 0 Å². The van der Waals surface area contributed by atoms with Crippen molar-refractivity contribution < 1.29 is 4.79 Å². The minimum atomic E-state index is -0.894. The molecule has 1 amide bonds.